The summed E-state index contributed by atoms with van der Waals surface area (Å²) in [4.78, 5) is 45.6. The summed E-state index contributed by atoms with van der Waals surface area (Å²) in [5.41, 5.74) is -1.23. The van der Waals surface area contributed by atoms with Crippen LogP contribution in [0.25, 0.3) is 0 Å². The van der Waals surface area contributed by atoms with Crippen LogP contribution in [0.5, 0.6) is 0 Å². The highest BCUT2D eigenvalue weighted by molar-refractivity contribution is 5.80. The van der Waals surface area contributed by atoms with E-state index in [-0.39, 0.29) is 0 Å². The van der Waals surface area contributed by atoms with E-state index in [1.54, 1.807) is 41.5 Å². The topological polar surface area (TPSA) is 151 Å². The monoisotopic (exact) mass is 542 g/mol. The van der Waals surface area contributed by atoms with Gasteiger partial charge in [0.15, 0.2) is 0 Å². The Morgan fingerprint density at radius 1 is 0.632 bits per heavy atom. The Morgan fingerprint density at radius 3 is 1.16 bits per heavy atom. The Kier molecular flexibility index (Phi) is 13.9. The number of rotatable bonds is 8. The van der Waals surface area contributed by atoms with Crippen molar-refractivity contribution in [1.82, 2.24) is 10.6 Å². The summed E-state index contributed by atoms with van der Waals surface area (Å²) in [5, 5.41) is 23.3. The second-order valence-electron chi connectivity index (χ2n) is 12.6. The number of carboxylic acids is 2. The molecule has 0 spiro atoms. The molecular formula is C28H50N2O8. The average molecular weight is 543 g/mol. The minimum atomic E-state index is -0.989. The summed E-state index contributed by atoms with van der Waals surface area (Å²) in [6, 6.07) is -1.70. The molecule has 38 heavy (non-hydrogen) atoms. The van der Waals surface area contributed by atoms with E-state index in [9.17, 15) is 29.4 Å². The van der Waals surface area contributed by atoms with Crippen molar-refractivity contribution in [2.75, 3.05) is 0 Å². The zero-order valence-corrected chi connectivity index (χ0v) is 24.1. The second-order valence-corrected chi connectivity index (χ2v) is 12.6. The van der Waals surface area contributed by atoms with Crippen LogP contribution in [0.3, 0.4) is 0 Å². The first kappa shape index (κ1) is 33.5. The standard InChI is InChI=1S/2C14H25NO4/c2*1-14(2,3)19-13(18)15-11(12(16)17)9-10-7-5-4-6-8-10/h2*10-11H,4-9H2,1-3H3,(H,15,18)(H,16,17)/t11-;/m1./s1. The molecule has 10 nitrogen and oxygen atoms in total. The minimum Gasteiger partial charge on any atom is -0.480 e. The van der Waals surface area contributed by atoms with E-state index in [1.165, 1.54) is 12.8 Å². The normalized spacial score (nSPS) is 18.7. The van der Waals surface area contributed by atoms with Crippen LogP contribution in [0.15, 0.2) is 0 Å². The second kappa shape index (κ2) is 15.8. The van der Waals surface area contributed by atoms with E-state index in [0.717, 1.165) is 51.4 Å². The fourth-order valence-corrected chi connectivity index (χ4v) is 4.85. The molecule has 0 heterocycles. The van der Waals surface area contributed by atoms with Crippen LogP contribution >= 0.6 is 0 Å². The predicted octanol–water partition coefficient (Wildman–Crippen LogP) is 5.87. The first-order valence-electron chi connectivity index (χ1n) is 14.0. The average Bonchev–Trinajstić information content (AvgIpc) is 2.77. The van der Waals surface area contributed by atoms with Crippen LogP contribution in [-0.4, -0.2) is 57.6 Å². The molecule has 220 valence electrons. The molecule has 0 aromatic carbocycles. The molecule has 2 aliphatic carbocycles. The van der Waals surface area contributed by atoms with Gasteiger partial charge in [-0.15, -0.1) is 0 Å². The van der Waals surface area contributed by atoms with Crippen LogP contribution in [0, 0.1) is 11.8 Å². The molecule has 0 aromatic rings. The highest BCUT2D eigenvalue weighted by Gasteiger charge is 2.28. The van der Waals surface area contributed by atoms with E-state index in [0.29, 0.717) is 24.7 Å². The number of carboxylic acid groups (broad SMARTS) is 2. The van der Waals surface area contributed by atoms with Crippen LogP contribution in [0.2, 0.25) is 0 Å². The molecule has 0 aliphatic heterocycles. The zero-order chi connectivity index (χ0) is 28.9. The molecule has 0 bridgehead atoms. The van der Waals surface area contributed by atoms with Gasteiger partial charge in [0.1, 0.15) is 23.3 Å². The van der Waals surface area contributed by atoms with Crippen molar-refractivity contribution in [2.45, 2.75) is 142 Å². The lowest BCUT2D eigenvalue weighted by atomic mass is 9.85. The molecule has 10 heteroatoms. The van der Waals surface area contributed by atoms with Gasteiger partial charge in [-0.3, -0.25) is 0 Å². The lowest BCUT2D eigenvalue weighted by molar-refractivity contribution is -0.140. The Hall–Kier alpha value is -2.52. The first-order valence-corrected chi connectivity index (χ1v) is 14.0. The van der Waals surface area contributed by atoms with Gasteiger partial charge in [0.2, 0.25) is 0 Å². The molecule has 2 aliphatic rings. The van der Waals surface area contributed by atoms with Crippen molar-refractivity contribution in [1.29, 1.82) is 0 Å². The van der Waals surface area contributed by atoms with E-state index in [1.807, 2.05) is 0 Å². The largest absolute Gasteiger partial charge is 0.480 e. The third-order valence-electron chi connectivity index (χ3n) is 6.57. The maximum atomic E-state index is 11.6. The van der Waals surface area contributed by atoms with Crippen LogP contribution in [-0.2, 0) is 19.1 Å². The van der Waals surface area contributed by atoms with Crippen molar-refractivity contribution in [2.24, 2.45) is 11.8 Å². The first-order chi connectivity index (χ1) is 17.6. The Morgan fingerprint density at radius 2 is 0.921 bits per heavy atom. The zero-order valence-electron chi connectivity index (χ0n) is 24.1. The lowest BCUT2D eigenvalue weighted by Crippen LogP contribution is -2.44. The third-order valence-corrected chi connectivity index (χ3v) is 6.57. The van der Waals surface area contributed by atoms with Crippen molar-refractivity contribution < 1.29 is 38.9 Å². The molecule has 2 rings (SSSR count). The number of hydrogen-bond donors (Lipinski definition) is 4. The Labute approximate surface area is 227 Å². The number of carbonyl (C=O) groups excluding carboxylic acids is 2. The molecule has 4 N–H and O–H groups in total. The Bertz CT molecular complexity index is 696. The van der Waals surface area contributed by atoms with Gasteiger partial charge in [0.05, 0.1) is 0 Å². The maximum absolute atomic E-state index is 11.6. The number of amides is 2. The summed E-state index contributed by atoms with van der Waals surface area (Å²) in [6.45, 7) is 10.5. The SMILES string of the molecule is CC(C)(C)OC(=O)NC(CC1CCCCC1)C(=O)O.CC(C)(C)OC(=O)N[C@H](CC1CCCCC1)C(=O)O. The van der Waals surface area contributed by atoms with Crippen LogP contribution in [0.4, 0.5) is 9.59 Å². The van der Waals surface area contributed by atoms with E-state index in [4.69, 9.17) is 9.47 Å². The molecule has 2 saturated carbocycles. The molecule has 2 amide bonds. The van der Waals surface area contributed by atoms with Gasteiger partial charge in [-0.1, -0.05) is 64.2 Å². The molecule has 0 radical (unpaired) electrons. The maximum Gasteiger partial charge on any atom is 0.408 e. The van der Waals surface area contributed by atoms with Gasteiger partial charge in [-0.05, 0) is 66.2 Å². The molecular weight excluding hydrogens is 492 g/mol. The lowest BCUT2D eigenvalue weighted by Gasteiger charge is -2.26. The van der Waals surface area contributed by atoms with Crippen molar-refractivity contribution in [3.63, 3.8) is 0 Å². The van der Waals surface area contributed by atoms with E-state index < -0.39 is 47.4 Å². The van der Waals surface area contributed by atoms with E-state index >= 15 is 0 Å². The summed E-state index contributed by atoms with van der Waals surface area (Å²) >= 11 is 0. The fraction of sp³-hybridized carbons (Fsp3) is 0.857. The van der Waals surface area contributed by atoms with Crippen LogP contribution < -0.4 is 10.6 Å². The minimum absolute atomic E-state index is 0.393. The van der Waals surface area contributed by atoms with Crippen molar-refractivity contribution in [3.05, 3.63) is 0 Å². The predicted molar refractivity (Wildman–Crippen MR) is 144 cm³/mol. The smallest absolute Gasteiger partial charge is 0.408 e. The summed E-state index contributed by atoms with van der Waals surface area (Å²) in [5.74, 6) is -1.19. The number of alkyl carbamates (subject to hydrolysis) is 2. The number of aliphatic carboxylic acids is 2. The van der Waals surface area contributed by atoms with Gasteiger partial charge in [-0.25, -0.2) is 19.2 Å². The fourth-order valence-electron chi connectivity index (χ4n) is 4.85. The van der Waals surface area contributed by atoms with Crippen molar-refractivity contribution >= 4 is 24.1 Å². The summed E-state index contributed by atoms with van der Waals surface area (Å²) in [6.07, 6.45) is 11.0. The molecule has 1 unspecified atom stereocenters. The van der Waals surface area contributed by atoms with Crippen molar-refractivity contribution in [3.8, 4) is 0 Å². The quantitative estimate of drug-likeness (QED) is 0.297. The number of ether oxygens (including phenoxy) is 2. The molecule has 2 fully saturated rings. The Balaban J connectivity index is 0.000000380. The number of carbonyl (C=O) groups is 4. The third kappa shape index (κ3) is 15.7. The van der Waals surface area contributed by atoms with Gasteiger partial charge >= 0.3 is 24.1 Å². The van der Waals surface area contributed by atoms with Gasteiger partial charge < -0.3 is 30.3 Å². The van der Waals surface area contributed by atoms with Gasteiger partial charge in [-0.2, -0.15) is 0 Å². The van der Waals surface area contributed by atoms with Gasteiger partial charge in [0, 0.05) is 0 Å². The number of hydrogen-bond acceptors (Lipinski definition) is 6. The highest BCUT2D eigenvalue weighted by atomic mass is 16.6. The summed E-state index contributed by atoms with van der Waals surface area (Å²) in [7, 11) is 0. The molecule has 0 aromatic heterocycles. The van der Waals surface area contributed by atoms with Gasteiger partial charge in [0.25, 0.3) is 0 Å². The van der Waals surface area contributed by atoms with E-state index in [2.05, 4.69) is 10.6 Å². The highest BCUT2D eigenvalue weighted by Crippen LogP contribution is 2.28. The van der Waals surface area contributed by atoms with Crippen LogP contribution in [0.1, 0.15) is 119 Å². The summed E-state index contributed by atoms with van der Waals surface area (Å²) < 4.78 is 10.2. The molecule has 2 atom stereocenters. The molecule has 0 saturated heterocycles. The number of nitrogens with one attached hydrogen (secondary N) is 2.